The van der Waals surface area contributed by atoms with Gasteiger partial charge in [0.2, 0.25) is 0 Å². The predicted molar refractivity (Wildman–Crippen MR) is 64.8 cm³/mol. The van der Waals surface area contributed by atoms with Crippen LogP contribution in [0.5, 0.6) is 0 Å². The summed E-state index contributed by atoms with van der Waals surface area (Å²) in [6.45, 7) is 6.34. The van der Waals surface area contributed by atoms with Crippen molar-refractivity contribution in [3.05, 3.63) is 12.2 Å². The molecule has 0 spiro atoms. The number of nitrogens with zero attached hydrogens (tertiary/aromatic N) is 3. The Morgan fingerprint density at radius 1 is 1.53 bits per heavy atom. The molecule has 2 N–H and O–H groups in total. The van der Waals surface area contributed by atoms with Crippen molar-refractivity contribution in [2.24, 2.45) is 5.73 Å². The van der Waals surface area contributed by atoms with Gasteiger partial charge in [0.15, 0.2) is 0 Å². The van der Waals surface area contributed by atoms with E-state index in [4.69, 9.17) is 5.73 Å². The molecule has 86 valence electrons. The van der Waals surface area contributed by atoms with Gasteiger partial charge in [0, 0.05) is 17.8 Å². The molecular formula is C10H20N4S. The van der Waals surface area contributed by atoms with Crippen LogP contribution in [0.3, 0.4) is 0 Å². The average Bonchev–Trinajstić information content (AvgIpc) is 2.65. The Balaban J connectivity index is 2.40. The van der Waals surface area contributed by atoms with Gasteiger partial charge in [-0.15, -0.1) is 0 Å². The average molecular weight is 228 g/mol. The smallest absolute Gasteiger partial charge is 0.138 e. The molecule has 0 aliphatic rings. The topological polar surface area (TPSA) is 56.7 Å². The summed E-state index contributed by atoms with van der Waals surface area (Å²) in [6.07, 6.45) is 2.65. The molecule has 1 aromatic heterocycles. The van der Waals surface area contributed by atoms with E-state index in [-0.39, 0.29) is 0 Å². The fraction of sp³-hybridized carbons (Fsp3) is 0.800. The Bertz CT molecular complexity index is 285. The Morgan fingerprint density at radius 2 is 2.27 bits per heavy atom. The van der Waals surface area contributed by atoms with Crippen molar-refractivity contribution in [2.75, 3.05) is 5.75 Å². The summed E-state index contributed by atoms with van der Waals surface area (Å²) in [7, 11) is 0. The van der Waals surface area contributed by atoms with Crippen molar-refractivity contribution in [3.63, 3.8) is 0 Å². The highest BCUT2D eigenvalue weighted by atomic mass is 32.2. The first kappa shape index (κ1) is 12.5. The van der Waals surface area contributed by atoms with E-state index in [1.54, 1.807) is 6.33 Å². The molecule has 0 fully saturated rings. The van der Waals surface area contributed by atoms with Crippen molar-refractivity contribution in [2.45, 2.75) is 45.0 Å². The summed E-state index contributed by atoms with van der Waals surface area (Å²) in [6, 6.07) is 0.674. The molecule has 0 aliphatic heterocycles. The Morgan fingerprint density at radius 3 is 2.87 bits per heavy atom. The van der Waals surface area contributed by atoms with Crippen LogP contribution in [0.2, 0.25) is 0 Å². The highest BCUT2D eigenvalue weighted by Crippen LogP contribution is 2.14. The number of thioether (sulfide) groups is 1. The van der Waals surface area contributed by atoms with Gasteiger partial charge in [-0.3, -0.25) is 0 Å². The van der Waals surface area contributed by atoms with Crippen LogP contribution in [0.4, 0.5) is 0 Å². The number of hydrogen-bond donors (Lipinski definition) is 1. The van der Waals surface area contributed by atoms with Crippen LogP contribution in [0, 0.1) is 0 Å². The molecule has 1 rings (SSSR count). The van der Waals surface area contributed by atoms with Gasteiger partial charge < -0.3 is 5.73 Å². The molecule has 15 heavy (non-hydrogen) atoms. The molecule has 0 saturated heterocycles. The lowest BCUT2D eigenvalue weighted by Crippen LogP contribution is -2.21. The van der Waals surface area contributed by atoms with E-state index in [0.29, 0.717) is 12.1 Å². The summed E-state index contributed by atoms with van der Waals surface area (Å²) in [4.78, 5) is 4.25. The van der Waals surface area contributed by atoms with Gasteiger partial charge >= 0.3 is 0 Å². The molecule has 0 aliphatic carbocycles. The first-order valence-electron chi connectivity index (χ1n) is 5.36. The van der Waals surface area contributed by atoms with Gasteiger partial charge in [-0.1, -0.05) is 6.92 Å². The molecule has 1 atom stereocenters. The van der Waals surface area contributed by atoms with Gasteiger partial charge in [0.25, 0.3) is 0 Å². The molecular weight excluding hydrogens is 208 g/mol. The zero-order valence-corrected chi connectivity index (χ0v) is 10.5. The molecule has 0 radical (unpaired) electrons. The van der Waals surface area contributed by atoms with Crippen molar-refractivity contribution in [1.82, 2.24) is 14.8 Å². The minimum absolute atomic E-state index is 0.297. The number of aromatic nitrogens is 3. The summed E-state index contributed by atoms with van der Waals surface area (Å²) < 4.78 is 1.96. The zero-order chi connectivity index (χ0) is 11.3. The maximum Gasteiger partial charge on any atom is 0.138 e. The van der Waals surface area contributed by atoms with Gasteiger partial charge in [0.1, 0.15) is 12.2 Å². The van der Waals surface area contributed by atoms with E-state index < -0.39 is 0 Å². The number of nitrogens with two attached hydrogens (primary N) is 1. The minimum atomic E-state index is 0.297. The molecule has 1 aromatic rings. The Hall–Kier alpha value is -0.550. The maximum absolute atomic E-state index is 5.85. The Kier molecular flexibility index (Phi) is 5.11. The van der Waals surface area contributed by atoms with Crippen LogP contribution in [0.25, 0.3) is 0 Å². The monoisotopic (exact) mass is 228 g/mol. The van der Waals surface area contributed by atoms with Gasteiger partial charge in [-0.2, -0.15) is 16.9 Å². The molecule has 0 saturated carbocycles. The summed E-state index contributed by atoms with van der Waals surface area (Å²) >= 11 is 1.83. The highest BCUT2D eigenvalue weighted by Gasteiger charge is 2.08. The van der Waals surface area contributed by atoms with E-state index >= 15 is 0 Å². The summed E-state index contributed by atoms with van der Waals surface area (Å²) in [5.74, 6) is 2.92. The lowest BCUT2D eigenvalue weighted by Gasteiger charge is -2.10. The van der Waals surface area contributed by atoms with Crippen molar-refractivity contribution >= 4 is 11.8 Å². The first-order valence-corrected chi connectivity index (χ1v) is 6.52. The van der Waals surface area contributed by atoms with E-state index in [0.717, 1.165) is 23.8 Å². The van der Waals surface area contributed by atoms with Crippen molar-refractivity contribution in [3.8, 4) is 0 Å². The Labute approximate surface area is 95.6 Å². The first-order chi connectivity index (χ1) is 7.15. The predicted octanol–water partition coefficient (Wildman–Crippen LogP) is 1.83. The van der Waals surface area contributed by atoms with Crippen LogP contribution < -0.4 is 5.73 Å². The fourth-order valence-electron chi connectivity index (χ4n) is 1.23. The zero-order valence-electron chi connectivity index (χ0n) is 9.68. The molecule has 0 aromatic carbocycles. The number of rotatable bonds is 6. The molecule has 1 heterocycles. The number of hydrogen-bond acceptors (Lipinski definition) is 4. The van der Waals surface area contributed by atoms with Crippen LogP contribution >= 0.6 is 11.8 Å². The van der Waals surface area contributed by atoms with Crippen LogP contribution in [-0.4, -0.2) is 26.6 Å². The van der Waals surface area contributed by atoms with Crippen LogP contribution in [-0.2, 0) is 5.75 Å². The summed E-state index contributed by atoms with van der Waals surface area (Å²) in [5, 5.41) is 4.19. The second-order valence-corrected chi connectivity index (χ2v) is 4.93. The van der Waals surface area contributed by atoms with Crippen LogP contribution in [0.1, 0.15) is 39.1 Å². The third-order valence-corrected chi connectivity index (χ3v) is 3.35. The molecule has 4 nitrogen and oxygen atoms in total. The largest absolute Gasteiger partial charge is 0.327 e. The van der Waals surface area contributed by atoms with Crippen molar-refractivity contribution < 1.29 is 0 Å². The second kappa shape index (κ2) is 6.12. The molecule has 0 bridgehead atoms. The van der Waals surface area contributed by atoms with E-state index in [1.165, 1.54) is 0 Å². The molecule has 5 heteroatoms. The minimum Gasteiger partial charge on any atom is -0.327 e. The van der Waals surface area contributed by atoms with Crippen LogP contribution in [0.15, 0.2) is 6.33 Å². The van der Waals surface area contributed by atoms with E-state index in [9.17, 15) is 0 Å². The maximum atomic E-state index is 5.85. The van der Waals surface area contributed by atoms with Gasteiger partial charge in [0.05, 0.1) is 5.75 Å². The normalized spacial score (nSPS) is 13.4. The SMILES string of the molecule is CCC(N)CSCc1ncnn1C(C)C. The van der Waals surface area contributed by atoms with E-state index in [2.05, 4.69) is 30.9 Å². The second-order valence-electron chi connectivity index (χ2n) is 3.90. The molecule has 1 unspecified atom stereocenters. The highest BCUT2D eigenvalue weighted by molar-refractivity contribution is 7.98. The third-order valence-electron chi connectivity index (χ3n) is 2.22. The third kappa shape index (κ3) is 3.83. The molecule has 0 amide bonds. The van der Waals surface area contributed by atoms with E-state index in [1.807, 2.05) is 16.4 Å². The quantitative estimate of drug-likeness (QED) is 0.807. The lowest BCUT2D eigenvalue weighted by molar-refractivity contribution is 0.514. The van der Waals surface area contributed by atoms with Gasteiger partial charge in [-0.05, 0) is 20.3 Å². The standard InChI is InChI=1S/C10H20N4S/c1-4-9(11)5-15-6-10-12-7-13-14(10)8(2)3/h7-9H,4-6,11H2,1-3H3. The summed E-state index contributed by atoms with van der Waals surface area (Å²) in [5.41, 5.74) is 5.85. The lowest BCUT2D eigenvalue weighted by atomic mass is 10.3. The van der Waals surface area contributed by atoms with Crippen molar-refractivity contribution in [1.29, 1.82) is 0 Å². The van der Waals surface area contributed by atoms with Gasteiger partial charge in [-0.25, -0.2) is 9.67 Å². The fourth-order valence-corrected chi connectivity index (χ4v) is 2.27.